The van der Waals surface area contributed by atoms with E-state index in [1.807, 2.05) is 38.0 Å². The van der Waals surface area contributed by atoms with E-state index < -0.39 is 0 Å². The SMILES string of the molecule is CNc1nnc(C2=CCN(C)C=C2)n1C. The molecule has 0 atom stereocenters. The zero-order chi connectivity index (χ0) is 10.8. The molecule has 5 nitrogen and oxygen atoms in total. The smallest absolute Gasteiger partial charge is 0.224 e. The molecule has 0 unspecified atom stereocenters. The maximum atomic E-state index is 4.15. The lowest BCUT2D eigenvalue weighted by Crippen LogP contribution is -2.14. The first-order valence-electron chi connectivity index (χ1n) is 4.88. The van der Waals surface area contributed by atoms with Crippen molar-refractivity contribution in [3.63, 3.8) is 0 Å². The van der Waals surface area contributed by atoms with Crippen LogP contribution < -0.4 is 5.32 Å². The summed E-state index contributed by atoms with van der Waals surface area (Å²) in [6.45, 7) is 0.910. The number of nitrogens with one attached hydrogen (secondary N) is 1. The molecule has 0 saturated carbocycles. The Kier molecular flexibility index (Phi) is 2.45. The van der Waals surface area contributed by atoms with Gasteiger partial charge in [0.2, 0.25) is 5.95 Å². The molecule has 0 radical (unpaired) electrons. The van der Waals surface area contributed by atoms with Gasteiger partial charge in [0.1, 0.15) is 0 Å². The second kappa shape index (κ2) is 3.76. The monoisotopic (exact) mass is 205 g/mol. The fraction of sp³-hybridized carbons (Fsp3) is 0.400. The number of hydrogen-bond acceptors (Lipinski definition) is 4. The second-order valence-corrected chi connectivity index (χ2v) is 3.57. The molecule has 0 aliphatic carbocycles. The third-order valence-corrected chi connectivity index (χ3v) is 2.46. The average Bonchev–Trinajstić information content (AvgIpc) is 2.61. The van der Waals surface area contributed by atoms with Gasteiger partial charge < -0.3 is 10.2 Å². The van der Waals surface area contributed by atoms with E-state index >= 15 is 0 Å². The predicted molar refractivity (Wildman–Crippen MR) is 60.3 cm³/mol. The van der Waals surface area contributed by atoms with E-state index in [0.717, 1.165) is 23.9 Å². The Balaban J connectivity index is 2.31. The zero-order valence-electron chi connectivity index (χ0n) is 9.23. The molecule has 1 aromatic heterocycles. The normalized spacial score (nSPS) is 15.4. The van der Waals surface area contributed by atoms with Crippen molar-refractivity contribution in [1.82, 2.24) is 19.7 Å². The van der Waals surface area contributed by atoms with Crippen molar-refractivity contribution in [3.8, 4) is 0 Å². The van der Waals surface area contributed by atoms with Crippen molar-refractivity contribution in [1.29, 1.82) is 0 Å². The Labute approximate surface area is 89.1 Å². The van der Waals surface area contributed by atoms with Crippen LogP contribution in [0.25, 0.3) is 5.57 Å². The first-order valence-corrected chi connectivity index (χ1v) is 4.88. The summed E-state index contributed by atoms with van der Waals surface area (Å²) in [6.07, 6.45) is 6.24. The number of nitrogens with zero attached hydrogens (tertiary/aromatic N) is 4. The van der Waals surface area contributed by atoms with Crippen LogP contribution in [0.2, 0.25) is 0 Å². The number of rotatable bonds is 2. The minimum atomic E-state index is 0.776. The lowest BCUT2D eigenvalue weighted by molar-refractivity contribution is 0.506. The van der Waals surface area contributed by atoms with E-state index in [-0.39, 0.29) is 0 Å². The maximum Gasteiger partial charge on any atom is 0.224 e. The minimum absolute atomic E-state index is 0.776. The molecule has 5 heteroatoms. The van der Waals surface area contributed by atoms with E-state index in [9.17, 15) is 0 Å². The Bertz CT molecular complexity index is 415. The molecule has 1 aliphatic heterocycles. The van der Waals surface area contributed by atoms with Gasteiger partial charge in [-0.1, -0.05) is 6.08 Å². The van der Waals surface area contributed by atoms with Crippen LogP contribution in [-0.4, -0.2) is 40.3 Å². The van der Waals surface area contributed by atoms with Crippen molar-refractivity contribution < 1.29 is 0 Å². The first kappa shape index (κ1) is 9.76. The van der Waals surface area contributed by atoms with E-state index in [1.165, 1.54) is 0 Å². The highest BCUT2D eigenvalue weighted by Gasteiger charge is 2.11. The number of hydrogen-bond donors (Lipinski definition) is 1. The molecule has 15 heavy (non-hydrogen) atoms. The zero-order valence-corrected chi connectivity index (χ0v) is 9.23. The topological polar surface area (TPSA) is 46.0 Å². The quantitative estimate of drug-likeness (QED) is 0.772. The van der Waals surface area contributed by atoms with Crippen molar-refractivity contribution in [3.05, 3.63) is 24.2 Å². The largest absolute Gasteiger partial charge is 0.377 e. The van der Waals surface area contributed by atoms with Crippen molar-refractivity contribution in [2.24, 2.45) is 7.05 Å². The number of aromatic nitrogens is 3. The molecule has 1 aromatic rings. The summed E-state index contributed by atoms with van der Waals surface area (Å²) >= 11 is 0. The maximum absolute atomic E-state index is 4.15. The standard InChI is InChI=1S/C10H15N5/c1-11-10-13-12-9(15(10)3)8-4-6-14(2)7-5-8/h4-6H,7H2,1-3H3,(H,11,13). The molecule has 0 aromatic carbocycles. The summed E-state index contributed by atoms with van der Waals surface area (Å²) < 4.78 is 1.95. The summed E-state index contributed by atoms with van der Waals surface area (Å²) in [5, 5.41) is 11.2. The molecule has 2 heterocycles. The fourth-order valence-electron chi connectivity index (χ4n) is 1.54. The van der Waals surface area contributed by atoms with Crippen molar-refractivity contribution >= 4 is 11.5 Å². The van der Waals surface area contributed by atoms with Gasteiger partial charge >= 0.3 is 0 Å². The summed E-state index contributed by atoms with van der Waals surface area (Å²) in [4.78, 5) is 2.11. The van der Waals surface area contributed by atoms with E-state index in [1.54, 1.807) is 0 Å². The molecule has 2 rings (SSSR count). The molecule has 0 bridgehead atoms. The summed E-state index contributed by atoms with van der Waals surface area (Å²) in [7, 11) is 5.83. The second-order valence-electron chi connectivity index (χ2n) is 3.57. The van der Waals surface area contributed by atoms with Crippen LogP contribution >= 0.6 is 0 Å². The number of allylic oxidation sites excluding steroid dienone is 2. The van der Waals surface area contributed by atoms with E-state index in [0.29, 0.717) is 0 Å². The van der Waals surface area contributed by atoms with Gasteiger partial charge in [-0.3, -0.25) is 4.57 Å². The van der Waals surface area contributed by atoms with Gasteiger partial charge in [0.25, 0.3) is 0 Å². The molecule has 80 valence electrons. The molecule has 0 amide bonds. The lowest BCUT2D eigenvalue weighted by atomic mass is 10.2. The molecule has 0 saturated heterocycles. The third kappa shape index (κ3) is 1.72. The molecule has 0 spiro atoms. The highest BCUT2D eigenvalue weighted by atomic mass is 15.3. The number of likely N-dealkylation sites (N-methyl/N-ethyl adjacent to an activating group) is 1. The molecular weight excluding hydrogens is 190 g/mol. The predicted octanol–water partition coefficient (Wildman–Crippen LogP) is 0.699. The van der Waals surface area contributed by atoms with Crippen LogP contribution in [0.3, 0.4) is 0 Å². The van der Waals surface area contributed by atoms with Gasteiger partial charge in [-0.2, -0.15) is 0 Å². The highest BCUT2D eigenvalue weighted by Crippen LogP contribution is 2.18. The molecule has 1 N–H and O–H groups in total. The molecule has 0 fully saturated rings. The van der Waals surface area contributed by atoms with Gasteiger partial charge in [-0.15, -0.1) is 10.2 Å². The van der Waals surface area contributed by atoms with E-state index in [4.69, 9.17) is 0 Å². The van der Waals surface area contributed by atoms with Crippen LogP contribution in [-0.2, 0) is 7.05 Å². The van der Waals surface area contributed by atoms with Crippen molar-refractivity contribution in [2.45, 2.75) is 0 Å². The lowest BCUT2D eigenvalue weighted by Gasteiger charge is -2.16. The van der Waals surface area contributed by atoms with Crippen LogP contribution in [0.4, 0.5) is 5.95 Å². The van der Waals surface area contributed by atoms with Gasteiger partial charge in [0, 0.05) is 33.3 Å². The molecule has 1 aliphatic rings. The van der Waals surface area contributed by atoms with Gasteiger partial charge in [0.15, 0.2) is 5.82 Å². The number of anilines is 1. The van der Waals surface area contributed by atoms with E-state index in [2.05, 4.69) is 26.5 Å². The molecular formula is C10H15N5. The fourth-order valence-corrected chi connectivity index (χ4v) is 1.54. The van der Waals surface area contributed by atoms with Crippen LogP contribution in [0.15, 0.2) is 18.4 Å². The Morgan fingerprint density at radius 2 is 2.13 bits per heavy atom. The van der Waals surface area contributed by atoms with Gasteiger partial charge in [0.05, 0.1) is 0 Å². The Morgan fingerprint density at radius 1 is 1.33 bits per heavy atom. The first-order chi connectivity index (χ1) is 7.22. The van der Waals surface area contributed by atoms with Crippen LogP contribution in [0.5, 0.6) is 0 Å². The summed E-state index contributed by atoms with van der Waals surface area (Å²) in [5.41, 5.74) is 1.12. The van der Waals surface area contributed by atoms with Gasteiger partial charge in [-0.05, 0) is 12.3 Å². The van der Waals surface area contributed by atoms with Gasteiger partial charge in [-0.25, -0.2) is 0 Å². The van der Waals surface area contributed by atoms with Crippen LogP contribution in [0, 0.1) is 0 Å². The highest BCUT2D eigenvalue weighted by molar-refractivity contribution is 5.71. The summed E-state index contributed by atoms with van der Waals surface area (Å²) in [6, 6.07) is 0. The van der Waals surface area contributed by atoms with Crippen molar-refractivity contribution in [2.75, 3.05) is 26.0 Å². The van der Waals surface area contributed by atoms with Crippen LogP contribution in [0.1, 0.15) is 5.82 Å². The minimum Gasteiger partial charge on any atom is -0.377 e. The Morgan fingerprint density at radius 3 is 2.67 bits per heavy atom. The Hall–Kier alpha value is -1.78. The summed E-state index contributed by atoms with van der Waals surface area (Å²) in [5.74, 6) is 1.67. The third-order valence-electron chi connectivity index (χ3n) is 2.46. The average molecular weight is 205 g/mol.